The summed E-state index contributed by atoms with van der Waals surface area (Å²) in [5.41, 5.74) is 1.88. The Labute approximate surface area is 93.3 Å². The monoisotopic (exact) mass is 218 g/mol. The topological polar surface area (TPSA) is 65.1 Å². The number of fused-ring (bicyclic) bond motifs is 1. The van der Waals surface area contributed by atoms with Crippen LogP contribution < -0.4 is 5.32 Å². The third-order valence-corrected chi connectivity index (χ3v) is 2.60. The van der Waals surface area contributed by atoms with Crippen LogP contribution in [0.5, 0.6) is 0 Å². The second kappa shape index (κ2) is 4.26. The quantitative estimate of drug-likeness (QED) is 0.738. The largest absolute Gasteiger partial charge is 0.480 e. The molecule has 1 aromatic heterocycles. The maximum Gasteiger partial charge on any atom is 0.326 e. The molecule has 1 heterocycles. The Kier molecular flexibility index (Phi) is 2.81. The highest BCUT2D eigenvalue weighted by Crippen LogP contribution is 2.18. The molecule has 0 saturated heterocycles. The van der Waals surface area contributed by atoms with E-state index in [4.69, 9.17) is 5.11 Å². The zero-order chi connectivity index (χ0) is 11.5. The lowest BCUT2D eigenvalue weighted by molar-refractivity contribution is -0.137. The smallest absolute Gasteiger partial charge is 0.326 e. The lowest BCUT2D eigenvalue weighted by Crippen LogP contribution is -2.28. The Morgan fingerprint density at radius 2 is 2.31 bits per heavy atom. The number of carbonyl (C=O) groups is 1. The van der Waals surface area contributed by atoms with Crippen LogP contribution in [0.15, 0.2) is 30.5 Å². The number of anilines is 1. The number of aromatic amines is 1. The van der Waals surface area contributed by atoms with E-state index in [2.05, 4.69) is 10.3 Å². The molecule has 0 saturated carbocycles. The average molecular weight is 218 g/mol. The SMILES string of the molecule is CCC(Nc1ccc2[nH]ccc2c1)C(=O)O. The van der Waals surface area contributed by atoms with Crippen LogP contribution in [-0.4, -0.2) is 22.1 Å². The minimum absolute atomic E-state index is 0.531. The molecule has 0 aliphatic rings. The fourth-order valence-electron chi connectivity index (χ4n) is 1.68. The molecule has 3 N–H and O–H groups in total. The van der Waals surface area contributed by atoms with Crippen LogP contribution in [-0.2, 0) is 4.79 Å². The lowest BCUT2D eigenvalue weighted by Gasteiger charge is -2.13. The summed E-state index contributed by atoms with van der Waals surface area (Å²) in [6, 6.07) is 7.19. The van der Waals surface area contributed by atoms with E-state index in [0.29, 0.717) is 6.42 Å². The number of carboxylic acid groups (broad SMARTS) is 1. The van der Waals surface area contributed by atoms with Crippen LogP contribution in [0.3, 0.4) is 0 Å². The van der Waals surface area contributed by atoms with Gasteiger partial charge >= 0.3 is 5.97 Å². The number of hydrogen-bond acceptors (Lipinski definition) is 2. The van der Waals surface area contributed by atoms with Gasteiger partial charge in [-0.15, -0.1) is 0 Å². The minimum Gasteiger partial charge on any atom is -0.480 e. The summed E-state index contributed by atoms with van der Waals surface area (Å²) in [5.74, 6) is -0.823. The summed E-state index contributed by atoms with van der Waals surface area (Å²) >= 11 is 0. The highest BCUT2D eigenvalue weighted by molar-refractivity contribution is 5.84. The average Bonchev–Trinajstić information content (AvgIpc) is 2.72. The molecule has 4 nitrogen and oxygen atoms in total. The molecule has 0 bridgehead atoms. The highest BCUT2D eigenvalue weighted by Gasteiger charge is 2.14. The molecule has 1 aromatic carbocycles. The molecular formula is C12H14N2O2. The van der Waals surface area contributed by atoms with Crippen molar-refractivity contribution in [2.75, 3.05) is 5.32 Å². The number of aromatic nitrogens is 1. The van der Waals surface area contributed by atoms with Crippen LogP contribution in [0.4, 0.5) is 5.69 Å². The number of benzene rings is 1. The predicted molar refractivity (Wildman–Crippen MR) is 63.6 cm³/mol. The number of H-pyrrole nitrogens is 1. The first-order valence-corrected chi connectivity index (χ1v) is 5.27. The first-order chi connectivity index (χ1) is 7.70. The van der Waals surface area contributed by atoms with Gasteiger partial charge in [-0.1, -0.05) is 6.92 Å². The van der Waals surface area contributed by atoms with Gasteiger partial charge in [0.2, 0.25) is 0 Å². The van der Waals surface area contributed by atoms with Crippen molar-refractivity contribution in [3.05, 3.63) is 30.5 Å². The molecule has 0 aliphatic heterocycles. The Morgan fingerprint density at radius 3 is 3.00 bits per heavy atom. The van der Waals surface area contributed by atoms with E-state index in [1.807, 2.05) is 37.4 Å². The van der Waals surface area contributed by atoms with E-state index in [-0.39, 0.29) is 0 Å². The van der Waals surface area contributed by atoms with Crippen molar-refractivity contribution in [3.8, 4) is 0 Å². The maximum atomic E-state index is 10.9. The van der Waals surface area contributed by atoms with E-state index in [1.54, 1.807) is 0 Å². The molecule has 2 aromatic rings. The van der Waals surface area contributed by atoms with Gasteiger partial charge in [0.15, 0.2) is 0 Å². The number of hydrogen-bond donors (Lipinski definition) is 3. The van der Waals surface area contributed by atoms with Gasteiger partial charge < -0.3 is 15.4 Å². The van der Waals surface area contributed by atoms with Gasteiger partial charge in [-0.05, 0) is 30.7 Å². The van der Waals surface area contributed by atoms with Gasteiger partial charge in [0.25, 0.3) is 0 Å². The number of aliphatic carboxylic acids is 1. The van der Waals surface area contributed by atoms with Crippen molar-refractivity contribution >= 4 is 22.6 Å². The van der Waals surface area contributed by atoms with Gasteiger partial charge in [-0.2, -0.15) is 0 Å². The first kappa shape index (κ1) is 10.5. The lowest BCUT2D eigenvalue weighted by atomic mass is 10.2. The summed E-state index contributed by atoms with van der Waals surface area (Å²) in [6.45, 7) is 1.85. The molecule has 0 spiro atoms. The molecular weight excluding hydrogens is 204 g/mol. The van der Waals surface area contributed by atoms with E-state index >= 15 is 0 Å². The van der Waals surface area contributed by atoms with Crippen LogP contribution >= 0.6 is 0 Å². The molecule has 1 unspecified atom stereocenters. The Hall–Kier alpha value is -1.97. The summed E-state index contributed by atoms with van der Waals surface area (Å²) in [6.07, 6.45) is 2.42. The third-order valence-electron chi connectivity index (χ3n) is 2.60. The Morgan fingerprint density at radius 1 is 1.50 bits per heavy atom. The van der Waals surface area contributed by atoms with Crippen molar-refractivity contribution in [2.45, 2.75) is 19.4 Å². The third kappa shape index (κ3) is 2.00. The minimum atomic E-state index is -0.823. The molecule has 1 atom stereocenters. The molecule has 84 valence electrons. The zero-order valence-corrected chi connectivity index (χ0v) is 9.03. The molecule has 2 rings (SSSR count). The van der Waals surface area contributed by atoms with E-state index in [1.165, 1.54) is 0 Å². The Bertz CT molecular complexity index is 504. The second-order valence-electron chi connectivity index (χ2n) is 3.72. The van der Waals surface area contributed by atoms with E-state index < -0.39 is 12.0 Å². The van der Waals surface area contributed by atoms with E-state index in [9.17, 15) is 4.79 Å². The Balaban J connectivity index is 2.23. The number of rotatable bonds is 4. The number of nitrogens with one attached hydrogen (secondary N) is 2. The van der Waals surface area contributed by atoms with Crippen molar-refractivity contribution < 1.29 is 9.90 Å². The number of carboxylic acids is 1. The van der Waals surface area contributed by atoms with Gasteiger partial charge in [0, 0.05) is 22.8 Å². The zero-order valence-electron chi connectivity index (χ0n) is 9.03. The van der Waals surface area contributed by atoms with Gasteiger partial charge in [0.05, 0.1) is 0 Å². The summed E-state index contributed by atoms with van der Waals surface area (Å²) in [7, 11) is 0. The molecule has 0 fully saturated rings. The van der Waals surface area contributed by atoms with Crippen molar-refractivity contribution in [2.24, 2.45) is 0 Å². The van der Waals surface area contributed by atoms with Gasteiger partial charge in [-0.25, -0.2) is 4.79 Å². The van der Waals surface area contributed by atoms with Crippen LogP contribution in [0.1, 0.15) is 13.3 Å². The summed E-state index contributed by atoms with van der Waals surface area (Å²) in [5, 5.41) is 13.0. The second-order valence-corrected chi connectivity index (χ2v) is 3.72. The normalized spacial score (nSPS) is 12.6. The predicted octanol–water partition coefficient (Wildman–Crippen LogP) is 2.44. The molecule has 4 heteroatoms. The molecule has 0 aliphatic carbocycles. The van der Waals surface area contributed by atoms with Gasteiger partial charge in [0.1, 0.15) is 6.04 Å². The fraction of sp³-hybridized carbons (Fsp3) is 0.250. The van der Waals surface area contributed by atoms with Crippen molar-refractivity contribution in [3.63, 3.8) is 0 Å². The van der Waals surface area contributed by atoms with Crippen molar-refractivity contribution in [1.82, 2.24) is 4.98 Å². The fourth-order valence-corrected chi connectivity index (χ4v) is 1.68. The maximum absolute atomic E-state index is 10.9. The van der Waals surface area contributed by atoms with Crippen LogP contribution in [0.25, 0.3) is 10.9 Å². The molecule has 16 heavy (non-hydrogen) atoms. The standard InChI is InChI=1S/C12H14N2O2/c1-2-10(12(15)16)14-9-3-4-11-8(7-9)5-6-13-11/h3-7,10,13-14H,2H2,1H3,(H,15,16). The van der Waals surface area contributed by atoms with Crippen molar-refractivity contribution in [1.29, 1.82) is 0 Å². The van der Waals surface area contributed by atoms with E-state index in [0.717, 1.165) is 16.6 Å². The molecule has 0 radical (unpaired) electrons. The first-order valence-electron chi connectivity index (χ1n) is 5.27. The van der Waals surface area contributed by atoms with Crippen LogP contribution in [0.2, 0.25) is 0 Å². The summed E-state index contributed by atoms with van der Waals surface area (Å²) < 4.78 is 0. The highest BCUT2D eigenvalue weighted by atomic mass is 16.4. The molecule has 0 amide bonds. The summed E-state index contributed by atoms with van der Waals surface area (Å²) in [4.78, 5) is 14.0. The van der Waals surface area contributed by atoms with Gasteiger partial charge in [-0.3, -0.25) is 0 Å². The van der Waals surface area contributed by atoms with Crippen LogP contribution in [0, 0.1) is 0 Å².